The molecule has 2 aliphatic rings. The highest BCUT2D eigenvalue weighted by molar-refractivity contribution is 7.86. The fourth-order valence-electron chi connectivity index (χ4n) is 2.74. The minimum absolute atomic E-state index is 0.321. The largest absolute Gasteiger partial charge is 0.377 e. The Morgan fingerprint density at radius 2 is 2.05 bits per heavy atom. The molecule has 0 aromatic heterocycles. The van der Waals surface area contributed by atoms with Crippen LogP contribution in [0.4, 0.5) is 0 Å². The van der Waals surface area contributed by atoms with E-state index < -0.39 is 15.8 Å². The molecule has 0 aliphatic carbocycles. The molecule has 122 valence electrons. The van der Waals surface area contributed by atoms with Crippen molar-refractivity contribution in [3.63, 3.8) is 0 Å². The van der Waals surface area contributed by atoms with Crippen molar-refractivity contribution in [1.29, 1.82) is 0 Å². The van der Waals surface area contributed by atoms with Crippen molar-refractivity contribution in [2.45, 2.75) is 5.60 Å². The van der Waals surface area contributed by atoms with Crippen molar-refractivity contribution >= 4 is 10.2 Å². The minimum Gasteiger partial charge on any atom is -0.377 e. The summed E-state index contributed by atoms with van der Waals surface area (Å²) in [5.74, 6) is 0. The summed E-state index contributed by atoms with van der Waals surface area (Å²) in [6, 6.07) is 0. The summed E-state index contributed by atoms with van der Waals surface area (Å²) in [6.07, 6.45) is 1.84. The number of nitrogens with zero attached hydrogens (tertiary/aromatic N) is 3. The van der Waals surface area contributed by atoms with Crippen molar-refractivity contribution in [1.82, 2.24) is 13.5 Å². The molecule has 2 heterocycles. The first-order valence-corrected chi connectivity index (χ1v) is 8.52. The lowest BCUT2D eigenvalue weighted by atomic mass is 10.0. The Morgan fingerprint density at radius 3 is 2.71 bits per heavy atom. The van der Waals surface area contributed by atoms with Gasteiger partial charge in [-0.05, 0) is 0 Å². The normalized spacial score (nSPS) is 29.7. The average Bonchev–Trinajstić information content (AvgIpc) is 2.62. The molecule has 2 aliphatic heterocycles. The van der Waals surface area contributed by atoms with Gasteiger partial charge in [0.1, 0.15) is 5.60 Å². The number of ether oxygens (including phenoxy) is 2. The summed E-state index contributed by atoms with van der Waals surface area (Å²) < 4.78 is 39.0. The molecule has 2 saturated heterocycles. The molecule has 1 spiro atoms. The van der Waals surface area contributed by atoms with Crippen LogP contribution in [0, 0.1) is 0 Å². The van der Waals surface area contributed by atoms with Gasteiger partial charge in [-0.25, -0.2) is 0 Å². The van der Waals surface area contributed by atoms with Gasteiger partial charge in [-0.3, -0.25) is 4.90 Å². The lowest BCUT2D eigenvalue weighted by molar-refractivity contribution is -0.126. The highest BCUT2D eigenvalue weighted by atomic mass is 32.2. The zero-order valence-electron chi connectivity index (χ0n) is 12.8. The maximum Gasteiger partial charge on any atom is 0.281 e. The van der Waals surface area contributed by atoms with E-state index in [9.17, 15) is 8.42 Å². The maximum atomic E-state index is 12.3. The quantitative estimate of drug-likeness (QED) is 0.647. The molecular formula is C13H25N3O4S. The molecule has 2 rings (SSSR count). The van der Waals surface area contributed by atoms with Gasteiger partial charge in [0.15, 0.2) is 0 Å². The summed E-state index contributed by atoms with van der Waals surface area (Å²) in [5.41, 5.74) is -0.596. The molecule has 7 nitrogen and oxygen atoms in total. The van der Waals surface area contributed by atoms with Gasteiger partial charge in [-0.2, -0.15) is 17.0 Å². The van der Waals surface area contributed by atoms with Crippen LogP contribution >= 0.6 is 0 Å². The van der Waals surface area contributed by atoms with E-state index in [1.165, 1.54) is 8.61 Å². The third kappa shape index (κ3) is 3.82. The fourth-order valence-corrected chi connectivity index (χ4v) is 3.91. The van der Waals surface area contributed by atoms with E-state index in [0.717, 1.165) is 13.1 Å². The van der Waals surface area contributed by atoms with Crippen molar-refractivity contribution in [3.8, 4) is 0 Å². The van der Waals surface area contributed by atoms with Crippen LogP contribution in [0.1, 0.15) is 0 Å². The van der Waals surface area contributed by atoms with Crippen LogP contribution < -0.4 is 0 Å². The number of rotatable bonds is 4. The van der Waals surface area contributed by atoms with Crippen molar-refractivity contribution in [3.05, 3.63) is 12.7 Å². The van der Waals surface area contributed by atoms with Gasteiger partial charge in [0.2, 0.25) is 0 Å². The van der Waals surface area contributed by atoms with E-state index >= 15 is 0 Å². The monoisotopic (exact) mass is 319 g/mol. The minimum atomic E-state index is -3.42. The van der Waals surface area contributed by atoms with Gasteiger partial charge >= 0.3 is 0 Å². The SMILES string of the molecule is C=CCN1CCOCC2(C1)CN(S(=O)(=O)N(C)C)CCO2. The standard InChI is InChI=1S/C13H25N3O4S/c1-4-5-15-6-8-19-12-13(10-15)11-16(7-9-20-13)21(17,18)14(2)3/h4H,1,5-12H2,2-3H3. The van der Waals surface area contributed by atoms with E-state index in [1.54, 1.807) is 14.1 Å². The summed E-state index contributed by atoms with van der Waals surface area (Å²) in [4.78, 5) is 2.19. The molecule has 0 radical (unpaired) electrons. The van der Waals surface area contributed by atoms with Crippen molar-refractivity contribution < 1.29 is 17.9 Å². The Morgan fingerprint density at radius 1 is 1.29 bits per heavy atom. The van der Waals surface area contributed by atoms with Crippen LogP contribution in [0.2, 0.25) is 0 Å². The molecule has 0 amide bonds. The van der Waals surface area contributed by atoms with E-state index in [4.69, 9.17) is 9.47 Å². The van der Waals surface area contributed by atoms with Gasteiger partial charge in [-0.15, -0.1) is 6.58 Å². The zero-order valence-corrected chi connectivity index (χ0v) is 13.6. The van der Waals surface area contributed by atoms with Gasteiger partial charge in [0.25, 0.3) is 10.2 Å². The number of hydrogen-bond donors (Lipinski definition) is 0. The predicted octanol–water partition coefficient (Wildman–Crippen LogP) is -0.618. The van der Waals surface area contributed by atoms with Crippen LogP contribution in [0.5, 0.6) is 0 Å². The van der Waals surface area contributed by atoms with E-state index in [-0.39, 0.29) is 0 Å². The van der Waals surface area contributed by atoms with Gasteiger partial charge in [-0.1, -0.05) is 6.08 Å². The number of morpholine rings is 1. The van der Waals surface area contributed by atoms with E-state index in [2.05, 4.69) is 11.5 Å². The second-order valence-electron chi connectivity index (χ2n) is 5.73. The molecule has 0 aromatic rings. The predicted molar refractivity (Wildman–Crippen MR) is 80.3 cm³/mol. The summed E-state index contributed by atoms with van der Waals surface area (Å²) >= 11 is 0. The van der Waals surface area contributed by atoms with Crippen LogP contribution in [0.25, 0.3) is 0 Å². The first-order chi connectivity index (χ1) is 9.89. The van der Waals surface area contributed by atoms with E-state index in [1.807, 2.05) is 6.08 Å². The van der Waals surface area contributed by atoms with Crippen LogP contribution in [-0.2, 0) is 19.7 Å². The molecule has 8 heteroatoms. The molecule has 0 aromatic carbocycles. The van der Waals surface area contributed by atoms with E-state index in [0.29, 0.717) is 39.5 Å². The Hall–Kier alpha value is -0.510. The topological polar surface area (TPSA) is 62.3 Å². The first-order valence-electron chi connectivity index (χ1n) is 7.12. The zero-order chi connectivity index (χ0) is 15.5. The molecule has 0 N–H and O–H groups in total. The number of hydrogen-bond acceptors (Lipinski definition) is 5. The Kier molecular flexibility index (Phi) is 5.39. The van der Waals surface area contributed by atoms with Crippen LogP contribution in [0.15, 0.2) is 12.7 Å². The Bertz CT molecular complexity index is 468. The van der Waals surface area contributed by atoms with Gasteiger partial charge in [0, 0.05) is 46.8 Å². The van der Waals surface area contributed by atoms with Crippen LogP contribution in [0.3, 0.4) is 0 Å². The third-order valence-corrected chi connectivity index (χ3v) is 5.70. The molecule has 2 fully saturated rings. The van der Waals surface area contributed by atoms with Gasteiger partial charge < -0.3 is 9.47 Å². The molecule has 0 bridgehead atoms. The summed E-state index contributed by atoms with van der Waals surface area (Å²) in [5, 5.41) is 0. The van der Waals surface area contributed by atoms with Gasteiger partial charge in [0.05, 0.1) is 19.8 Å². The fraction of sp³-hybridized carbons (Fsp3) is 0.846. The maximum absolute atomic E-state index is 12.3. The molecule has 1 atom stereocenters. The Labute approximate surface area is 127 Å². The van der Waals surface area contributed by atoms with Crippen LogP contribution in [-0.4, -0.2) is 94.2 Å². The lowest BCUT2D eigenvalue weighted by Gasteiger charge is -2.43. The summed E-state index contributed by atoms with van der Waals surface area (Å²) in [6.45, 7) is 8.09. The molecule has 0 saturated carbocycles. The first kappa shape index (κ1) is 16.9. The van der Waals surface area contributed by atoms with Crippen molar-refractivity contribution in [2.75, 3.05) is 66.6 Å². The molecular weight excluding hydrogens is 294 g/mol. The highest BCUT2D eigenvalue weighted by Gasteiger charge is 2.43. The summed E-state index contributed by atoms with van der Waals surface area (Å²) in [7, 11) is -0.331. The average molecular weight is 319 g/mol. The Balaban J connectivity index is 2.15. The second kappa shape index (κ2) is 6.72. The van der Waals surface area contributed by atoms with Crippen molar-refractivity contribution in [2.24, 2.45) is 0 Å². The highest BCUT2D eigenvalue weighted by Crippen LogP contribution is 2.24. The smallest absolute Gasteiger partial charge is 0.281 e. The second-order valence-corrected chi connectivity index (χ2v) is 7.87. The third-order valence-electron chi connectivity index (χ3n) is 3.82. The molecule has 21 heavy (non-hydrogen) atoms. The lowest BCUT2D eigenvalue weighted by Crippen LogP contribution is -2.61. The molecule has 1 unspecified atom stereocenters.